The predicted molar refractivity (Wildman–Crippen MR) is 144 cm³/mol. The largest absolute Gasteiger partial charge is 0.489 e. The summed E-state index contributed by atoms with van der Waals surface area (Å²) in [7, 11) is 0. The maximum Gasteiger partial charge on any atom is 0.343 e. The fourth-order valence-electron chi connectivity index (χ4n) is 4.34. The maximum atomic E-state index is 12.6. The molecule has 0 aliphatic carbocycles. The number of halogens is 1. The molecule has 0 saturated heterocycles. The standard InChI is InChI=1S/C31H23ClN2O4/c1-19-6-4-9-21(14-19)31(35)37-24-12-13-25-28(16-24)38-30(34)26(17-33)29(25)20-8-5-10-23(15-20)36-18-22-7-2-3-11-27(22)32/h2-16,29H,18,34H2,1H3. The number of carbonyl (C=O) groups is 1. The van der Waals surface area contributed by atoms with Crippen LogP contribution in [0.3, 0.4) is 0 Å². The van der Waals surface area contributed by atoms with Crippen LogP contribution in [-0.2, 0) is 6.61 Å². The molecule has 5 rings (SSSR count). The van der Waals surface area contributed by atoms with E-state index in [0.717, 1.165) is 16.7 Å². The van der Waals surface area contributed by atoms with E-state index in [9.17, 15) is 10.1 Å². The molecule has 0 saturated carbocycles. The summed E-state index contributed by atoms with van der Waals surface area (Å²) in [5, 5.41) is 10.5. The van der Waals surface area contributed by atoms with Gasteiger partial charge in [0.05, 0.1) is 11.5 Å². The normalized spacial score (nSPS) is 14.2. The molecule has 0 spiro atoms. The Bertz CT molecular complexity index is 1610. The van der Waals surface area contributed by atoms with Gasteiger partial charge in [-0.15, -0.1) is 0 Å². The number of benzene rings is 4. The zero-order valence-electron chi connectivity index (χ0n) is 20.5. The first kappa shape index (κ1) is 24.9. The summed E-state index contributed by atoms with van der Waals surface area (Å²) in [6.07, 6.45) is 0. The molecule has 1 unspecified atom stereocenters. The Morgan fingerprint density at radius 3 is 2.61 bits per heavy atom. The van der Waals surface area contributed by atoms with Crippen LogP contribution < -0.4 is 19.9 Å². The molecular formula is C31H23ClN2O4. The molecule has 0 amide bonds. The van der Waals surface area contributed by atoms with Crippen LogP contribution in [-0.4, -0.2) is 5.97 Å². The van der Waals surface area contributed by atoms with Crippen molar-refractivity contribution in [3.8, 4) is 23.3 Å². The van der Waals surface area contributed by atoms with Gasteiger partial charge in [0.25, 0.3) is 0 Å². The lowest BCUT2D eigenvalue weighted by Gasteiger charge is -2.27. The summed E-state index contributed by atoms with van der Waals surface area (Å²) in [5.74, 6) is 0.354. The number of rotatable bonds is 6. The molecule has 0 radical (unpaired) electrons. The van der Waals surface area contributed by atoms with Crippen LogP contribution in [0, 0.1) is 18.3 Å². The Hall–Kier alpha value is -4.73. The van der Waals surface area contributed by atoms with Crippen molar-refractivity contribution < 1.29 is 19.0 Å². The first-order valence-electron chi connectivity index (χ1n) is 11.9. The zero-order valence-corrected chi connectivity index (χ0v) is 21.2. The second-order valence-electron chi connectivity index (χ2n) is 8.84. The Kier molecular flexibility index (Phi) is 7.03. The van der Waals surface area contributed by atoms with Crippen molar-refractivity contribution in [1.82, 2.24) is 0 Å². The zero-order chi connectivity index (χ0) is 26.6. The number of nitrogens with two attached hydrogens (primary N) is 1. The molecule has 1 atom stereocenters. The van der Waals surface area contributed by atoms with E-state index in [1.165, 1.54) is 0 Å². The Morgan fingerprint density at radius 1 is 1.00 bits per heavy atom. The molecule has 4 aromatic rings. The third-order valence-electron chi connectivity index (χ3n) is 6.20. The average Bonchev–Trinajstić information content (AvgIpc) is 2.92. The topological polar surface area (TPSA) is 94.6 Å². The van der Waals surface area contributed by atoms with E-state index < -0.39 is 11.9 Å². The summed E-state index contributed by atoms with van der Waals surface area (Å²) in [4.78, 5) is 12.6. The van der Waals surface area contributed by atoms with Gasteiger partial charge in [0.2, 0.25) is 5.88 Å². The summed E-state index contributed by atoms with van der Waals surface area (Å²) in [6.45, 7) is 2.20. The number of ether oxygens (including phenoxy) is 3. The number of hydrogen-bond acceptors (Lipinski definition) is 6. The second kappa shape index (κ2) is 10.7. The highest BCUT2D eigenvalue weighted by Crippen LogP contribution is 2.44. The fourth-order valence-corrected chi connectivity index (χ4v) is 4.53. The molecule has 188 valence electrons. The highest BCUT2D eigenvalue weighted by Gasteiger charge is 2.31. The molecule has 2 N–H and O–H groups in total. The van der Waals surface area contributed by atoms with E-state index in [0.29, 0.717) is 40.0 Å². The van der Waals surface area contributed by atoms with Crippen molar-refractivity contribution in [2.24, 2.45) is 5.73 Å². The number of esters is 1. The third-order valence-corrected chi connectivity index (χ3v) is 6.57. The molecule has 1 heterocycles. The lowest BCUT2D eigenvalue weighted by atomic mass is 9.83. The van der Waals surface area contributed by atoms with Gasteiger partial charge in [-0.05, 0) is 48.9 Å². The van der Waals surface area contributed by atoms with E-state index in [1.54, 1.807) is 36.4 Å². The molecule has 0 fully saturated rings. The van der Waals surface area contributed by atoms with E-state index >= 15 is 0 Å². The van der Waals surface area contributed by atoms with Crippen molar-refractivity contribution in [2.75, 3.05) is 0 Å². The first-order valence-corrected chi connectivity index (χ1v) is 12.3. The molecule has 38 heavy (non-hydrogen) atoms. The van der Waals surface area contributed by atoms with Crippen molar-refractivity contribution in [3.63, 3.8) is 0 Å². The van der Waals surface area contributed by atoms with Crippen molar-refractivity contribution in [2.45, 2.75) is 19.4 Å². The van der Waals surface area contributed by atoms with Gasteiger partial charge in [-0.25, -0.2) is 4.79 Å². The average molecular weight is 523 g/mol. The summed E-state index contributed by atoms with van der Waals surface area (Å²) < 4.78 is 17.4. The monoisotopic (exact) mass is 522 g/mol. The number of aryl methyl sites for hydroxylation is 1. The van der Waals surface area contributed by atoms with E-state index in [4.69, 9.17) is 31.5 Å². The van der Waals surface area contributed by atoms with Gasteiger partial charge in [0.1, 0.15) is 35.5 Å². The van der Waals surface area contributed by atoms with E-state index in [-0.39, 0.29) is 11.5 Å². The fraction of sp³-hybridized carbons (Fsp3) is 0.0968. The summed E-state index contributed by atoms with van der Waals surface area (Å²) in [5.41, 5.74) is 10.2. The molecular weight excluding hydrogens is 500 g/mol. The molecule has 0 bridgehead atoms. The van der Waals surface area contributed by atoms with Gasteiger partial charge in [0.15, 0.2) is 0 Å². The molecule has 7 heteroatoms. The Balaban J connectivity index is 1.43. The van der Waals surface area contributed by atoms with Crippen LogP contribution in [0.15, 0.2) is 102 Å². The van der Waals surface area contributed by atoms with E-state index in [2.05, 4.69) is 6.07 Å². The minimum atomic E-state index is -0.492. The van der Waals surface area contributed by atoms with Crippen LogP contribution in [0.2, 0.25) is 5.02 Å². The molecule has 0 aromatic heterocycles. The lowest BCUT2D eigenvalue weighted by Crippen LogP contribution is -2.21. The number of hydrogen-bond donors (Lipinski definition) is 1. The van der Waals surface area contributed by atoms with Gasteiger partial charge in [-0.2, -0.15) is 5.26 Å². The lowest BCUT2D eigenvalue weighted by molar-refractivity contribution is 0.0734. The second-order valence-corrected chi connectivity index (χ2v) is 9.24. The number of allylic oxidation sites excluding steroid dienone is 1. The van der Waals surface area contributed by atoms with Gasteiger partial charge in [-0.1, -0.05) is 65.7 Å². The number of nitriles is 1. The first-order chi connectivity index (χ1) is 18.4. The molecule has 1 aliphatic heterocycles. The minimum absolute atomic E-state index is 0.00505. The molecule has 1 aliphatic rings. The Morgan fingerprint density at radius 2 is 1.82 bits per heavy atom. The van der Waals surface area contributed by atoms with Crippen LogP contribution in [0.5, 0.6) is 17.2 Å². The van der Waals surface area contributed by atoms with Crippen LogP contribution >= 0.6 is 11.6 Å². The van der Waals surface area contributed by atoms with Crippen molar-refractivity contribution in [3.05, 3.63) is 135 Å². The summed E-state index contributed by atoms with van der Waals surface area (Å²) >= 11 is 6.26. The van der Waals surface area contributed by atoms with E-state index in [1.807, 2.05) is 61.5 Å². The van der Waals surface area contributed by atoms with Gasteiger partial charge in [0, 0.05) is 22.2 Å². The third kappa shape index (κ3) is 5.19. The van der Waals surface area contributed by atoms with Crippen molar-refractivity contribution in [1.29, 1.82) is 5.26 Å². The van der Waals surface area contributed by atoms with Crippen molar-refractivity contribution >= 4 is 17.6 Å². The van der Waals surface area contributed by atoms with Crippen LogP contribution in [0.1, 0.15) is 38.5 Å². The van der Waals surface area contributed by atoms with Gasteiger partial charge in [-0.3, -0.25) is 0 Å². The molecule has 4 aromatic carbocycles. The number of nitrogens with zero attached hydrogens (tertiary/aromatic N) is 1. The van der Waals surface area contributed by atoms with Gasteiger partial charge >= 0.3 is 5.97 Å². The number of fused-ring (bicyclic) bond motifs is 1. The van der Waals surface area contributed by atoms with Crippen LogP contribution in [0.4, 0.5) is 0 Å². The smallest absolute Gasteiger partial charge is 0.343 e. The summed E-state index contributed by atoms with van der Waals surface area (Å²) in [6, 6.07) is 29.4. The highest BCUT2D eigenvalue weighted by molar-refractivity contribution is 6.31. The quantitative estimate of drug-likeness (QED) is 0.224. The maximum absolute atomic E-state index is 12.6. The highest BCUT2D eigenvalue weighted by atomic mass is 35.5. The molecule has 6 nitrogen and oxygen atoms in total. The Labute approximate surface area is 225 Å². The van der Waals surface area contributed by atoms with Crippen LogP contribution in [0.25, 0.3) is 0 Å². The SMILES string of the molecule is Cc1cccc(C(=O)Oc2ccc3c(c2)OC(N)=C(C#N)C3c2cccc(OCc3ccccc3Cl)c2)c1. The van der Waals surface area contributed by atoms with Gasteiger partial charge < -0.3 is 19.9 Å². The number of carbonyl (C=O) groups excluding carboxylic acids is 1. The predicted octanol–water partition coefficient (Wildman–Crippen LogP) is 6.66. The minimum Gasteiger partial charge on any atom is -0.489 e.